The van der Waals surface area contributed by atoms with E-state index in [0.29, 0.717) is 6.54 Å². The Morgan fingerprint density at radius 1 is 1.41 bits per heavy atom. The van der Waals surface area contributed by atoms with Crippen LogP contribution in [0.5, 0.6) is 0 Å². The average molecular weight is 240 g/mol. The molecule has 0 spiro atoms. The Morgan fingerprint density at radius 3 is 2.82 bits per heavy atom. The SMILES string of the molecule is Cc1cc(F)c(NC(=O)C2CCNC2)cc1F. The van der Waals surface area contributed by atoms with Gasteiger partial charge in [0.25, 0.3) is 0 Å². The Hall–Kier alpha value is -1.49. The van der Waals surface area contributed by atoms with E-state index < -0.39 is 11.6 Å². The molecule has 17 heavy (non-hydrogen) atoms. The average Bonchev–Trinajstić information content (AvgIpc) is 2.79. The Labute approximate surface area is 98.2 Å². The maximum absolute atomic E-state index is 13.5. The van der Waals surface area contributed by atoms with E-state index in [9.17, 15) is 13.6 Å². The van der Waals surface area contributed by atoms with E-state index in [1.807, 2.05) is 0 Å². The fourth-order valence-electron chi connectivity index (χ4n) is 1.86. The lowest BCUT2D eigenvalue weighted by Gasteiger charge is -2.11. The lowest BCUT2D eigenvalue weighted by atomic mass is 10.1. The van der Waals surface area contributed by atoms with Gasteiger partial charge in [-0.1, -0.05) is 0 Å². The van der Waals surface area contributed by atoms with Crippen LogP contribution in [0.4, 0.5) is 14.5 Å². The van der Waals surface area contributed by atoms with Crippen molar-refractivity contribution in [1.29, 1.82) is 0 Å². The lowest BCUT2D eigenvalue weighted by Crippen LogP contribution is -2.25. The van der Waals surface area contributed by atoms with Crippen LogP contribution in [0.2, 0.25) is 0 Å². The first-order valence-corrected chi connectivity index (χ1v) is 5.55. The molecule has 1 aromatic carbocycles. The molecule has 0 radical (unpaired) electrons. The molecule has 0 aromatic heterocycles. The topological polar surface area (TPSA) is 41.1 Å². The number of hydrogen-bond acceptors (Lipinski definition) is 2. The van der Waals surface area contributed by atoms with E-state index >= 15 is 0 Å². The summed E-state index contributed by atoms with van der Waals surface area (Å²) in [6, 6.07) is 2.10. The number of anilines is 1. The number of amides is 1. The minimum atomic E-state index is -0.608. The van der Waals surface area contributed by atoms with E-state index in [1.54, 1.807) is 0 Å². The second-order valence-electron chi connectivity index (χ2n) is 4.26. The summed E-state index contributed by atoms with van der Waals surface area (Å²) < 4.78 is 26.7. The zero-order valence-electron chi connectivity index (χ0n) is 9.52. The first-order chi connectivity index (χ1) is 8.08. The van der Waals surface area contributed by atoms with Crippen LogP contribution >= 0.6 is 0 Å². The van der Waals surface area contributed by atoms with Crippen molar-refractivity contribution in [3.05, 3.63) is 29.3 Å². The van der Waals surface area contributed by atoms with Gasteiger partial charge in [-0.15, -0.1) is 0 Å². The van der Waals surface area contributed by atoms with Gasteiger partial charge in [0.1, 0.15) is 11.6 Å². The van der Waals surface area contributed by atoms with E-state index in [2.05, 4.69) is 10.6 Å². The van der Waals surface area contributed by atoms with Crippen molar-refractivity contribution in [3.8, 4) is 0 Å². The van der Waals surface area contributed by atoms with Crippen LogP contribution in [0.1, 0.15) is 12.0 Å². The fourth-order valence-corrected chi connectivity index (χ4v) is 1.86. The molecule has 92 valence electrons. The largest absolute Gasteiger partial charge is 0.323 e. The molecule has 1 saturated heterocycles. The zero-order chi connectivity index (χ0) is 12.4. The molecule has 1 heterocycles. The Balaban J connectivity index is 2.12. The summed E-state index contributed by atoms with van der Waals surface area (Å²) in [4.78, 5) is 11.7. The summed E-state index contributed by atoms with van der Waals surface area (Å²) in [7, 11) is 0. The number of hydrogen-bond donors (Lipinski definition) is 2. The quantitative estimate of drug-likeness (QED) is 0.828. The third-order valence-electron chi connectivity index (χ3n) is 2.94. The molecular weight excluding hydrogens is 226 g/mol. The highest BCUT2D eigenvalue weighted by atomic mass is 19.1. The van der Waals surface area contributed by atoms with Crippen LogP contribution in [0.3, 0.4) is 0 Å². The van der Waals surface area contributed by atoms with Gasteiger partial charge < -0.3 is 10.6 Å². The number of nitrogens with one attached hydrogen (secondary N) is 2. The highest BCUT2D eigenvalue weighted by Gasteiger charge is 2.23. The van der Waals surface area contributed by atoms with Gasteiger partial charge in [-0.25, -0.2) is 8.78 Å². The van der Waals surface area contributed by atoms with Crippen molar-refractivity contribution in [2.45, 2.75) is 13.3 Å². The number of aryl methyl sites for hydroxylation is 1. The Morgan fingerprint density at radius 2 is 2.18 bits per heavy atom. The van der Waals surface area contributed by atoms with E-state index in [1.165, 1.54) is 6.92 Å². The monoisotopic (exact) mass is 240 g/mol. The molecule has 1 atom stereocenters. The number of benzene rings is 1. The predicted molar refractivity (Wildman–Crippen MR) is 60.7 cm³/mol. The first kappa shape index (κ1) is 12.0. The van der Waals surface area contributed by atoms with Crippen LogP contribution in [0, 0.1) is 24.5 Å². The number of rotatable bonds is 2. The zero-order valence-corrected chi connectivity index (χ0v) is 9.52. The molecular formula is C12H14F2N2O. The molecule has 1 amide bonds. The molecule has 5 heteroatoms. The van der Waals surface area contributed by atoms with Gasteiger partial charge in [0.2, 0.25) is 5.91 Å². The summed E-state index contributed by atoms with van der Waals surface area (Å²) >= 11 is 0. The van der Waals surface area contributed by atoms with E-state index in [0.717, 1.165) is 25.1 Å². The normalized spacial score (nSPS) is 19.4. The van der Waals surface area contributed by atoms with Gasteiger partial charge >= 0.3 is 0 Å². The number of carbonyl (C=O) groups excluding carboxylic acids is 1. The van der Waals surface area contributed by atoms with Crippen molar-refractivity contribution >= 4 is 11.6 Å². The summed E-state index contributed by atoms with van der Waals surface area (Å²) in [5.74, 6) is -1.56. The summed E-state index contributed by atoms with van der Waals surface area (Å²) in [6.45, 7) is 2.84. The van der Waals surface area contributed by atoms with Gasteiger partial charge in [-0.3, -0.25) is 4.79 Å². The molecule has 0 saturated carbocycles. The number of carbonyl (C=O) groups is 1. The van der Waals surface area contributed by atoms with Crippen molar-refractivity contribution in [3.63, 3.8) is 0 Å². The smallest absolute Gasteiger partial charge is 0.228 e. The van der Waals surface area contributed by atoms with Crippen LogP contribution in [0.25, 0.3) is 0 Å². The molecule has 1 unspecified atom stereocenters. The second-order valence-corrected chi connectivity index (χ2v) is 4.26. The third-order valence-corrected chi connectivity index (χ3v) is 2.94. The Bertz CT molecular complexity index is 442. The minimum absolute atomic E-state index is 0.0926. The van der Waals surface area contributed by atoms with Gasteiger partial charge in [0, 0.05) is 12.6 Å². The molecule has 3 nitrogen and oxygen atoms in total. The molecule has 1 aliphatic heterocycles. The molecule has 2 rings (SSSR count). The predicted octanol–water partition coefficient (Wildman–Crippen LogP) is 1.82. The highest BCUT2D eigenvalue weighted by molar-refractivity contribution is 5.93. The molecule has 1 aliphatic rings. The standard InChI is InChI=1S/C12H14F2N2O/c1-7-4-10(14)11(5-9(7)13)16-12(17)8-2-3-15-6-8/h4-5,8,15H,2-3,6H2,1H3,(H,16,17). The first-order valence-electron chi connectivity index (χ1n) is 5.55. The van der Waals surface area contributed by atoms with Crippen molar-refractivity contribution in [2.75, 3.05) is 18.4 Å². The van der Waals surface area contributed by atoms with Crippen LogP contribution in [-0.2, 0) is 4.79 Å². The molecule has 1 fully saturated rings. The van der Waals surface area contributed by atoms with Gasteiger partial charge in [0.05, 0.1) is 11.6 Å². The van der Waals surface area contributed by atoms with Crippen molar-refractivity contribution < 1.29 is 13.6 Å². The van der Waals surface area contributed by atoms with Crippen LogP contribution in [-0.4, -0.2) is 19.0 Å². The van der Waals surface area contributed by atoms with Crippen molar-refractivity contribution in [1.82, 2.24) is 5.32 Å². The van der Waals surface area contributed by atoms with Crippen LogP contribution in [0.15, 0.2) is 12.1 Å². The molecule has 0 bridgehead atoms. The summed E-state index contributed by atoms with van der Waals surface area (Å²) in [5.41, 5.74) is 0.132. The molecule has 1 aromatic rings. The lowest BCUT2D eigenvalue weighted by molar-refractivity contribution is -0.119. The van der Waals surface area contributed by atoms with Crippen molar-refractivity contribution in [2.24, 2.45) is 5.92 Å². The van der Waals surface area contributed by atoms with Gasteiger partial charge in [-0.05, 0) is 31.5 Å². The van der Waals surface area contributed by atoms with E-state index in [-0.39, 0.29) is 23.1 Å². The maximum atomic E-state index is 13.5. The second kappa shape index (κ2) is 4.79. The summed E-state index contributed by atoms with van der Waals surface area (Å²) in [5, 5.41) is 5.47. The van der Waals surface area contributed by atoms with E-state index in [4.69, 9.17) is 0 Å². The van der Waals surface area contributed by atoms with Gasteiger partial charge in [-0.2, -0.15) is 0 Å². The molecule has 0 aliphatic carbocycles. The molecule has 2 N–H and O–H groups in total. The minimum Gasteiger partial charge on any atom is -0.323 e. The highest BCUT2D eigenvalue weighted by Crippen LogP contribution is 2.20. The number of halogens is 2. The van der Waals surface area contributed by atoms with Crippen LogP contribution < -0.4 is 10.6 Å². The van der Waals surface area contributed by atoms with Gasteiger partial charge in [0.15, 0.2) is 0 Å². The Kier molecular flexibility index (Phi) is 3.38. The maximum Gasteiger partial charge on any atom is 0.228 e. The summed E-state index contributed by atoms with van der Waals surface area (Å²) in [6.07, 6.45) is 0.724. The fraction of sp³-hybridized carbons (Fsp3) is 0.417. The third kappa shape index (κ3) is 2.61.